The molecule has 4 nitrogen and oxygen atoms in total. The molecule has 0 bridgehead atoms. The molecule has 0 heterocycles. The Kier molecular flexibility index (Phi) is 5.45. The van der Waals surface area contributed by atoms with Crippen LogP contribution < -0.4 is 10.6 Å². The molecule has 2 N–H and O–H groups in total. The molecule has 1 amide bonds. The zero-order valence-electron chi connectivity index (χ0n) is 9.13. The first-order valence-corrected chi connectivity index (χ1v) is 5.00. The largest absolute Gasteiger partial charge is 0.370 e. The van der Waals surface area contributed by atoms with E-state index in [0.29, 0.717) is 18.8 Å². The average Bonchev–Trinajstić information content (AvgIpc) is 2.24. The number of amides is 1. The molecule has 0 saturated carbocycles. The second kappa shape index (κ2) is 6.92. The minimum absolute atomic E-state index is 0.0296. The number of anilines is 1. The minimum atomic E-state index is -0.381. The van der Waals surface area contributed by atoms with Crippen molar-refractivity contribution in [1.29, 1.82) is 0 Å². The van der Waals surface area contributed by atoms with Gasteiger partial charge in [0.05, 0.1) is 6.61 Å². The van der Waals surface area contributed by atoms with Gasteiger partial charge >= 0.3 is 0 Å². The summed E-state index contributed by atoms with van der Waals surface area (Å²) in [5.41, 5.74) is 0.433. The quantitative estimate of drug-likeness (QED) is 0.711. The van der Waals surface area contributed by atoms with E-state index in [2.05, 4.69) is 10.6 Å². The van der Waals surface area contributed by atoms with Crippen LogP contribution in [0.1, 0.15) is 0 Å². The van der Waals surface area contributed by atoms with Crippen LogP contribution in [0.4, 0.5) is 10.1 Å². The van der Waals surface area contributed by atoms with Crippen LogP contribution in [0.2, 0.25) is 0 Å². The second-order valence-electron chi connectivity index (χ2n) is 3.21. The normalized spacial score (nSPS) is 10.1. The highest BCUT2D eigenvalue weighted by Crippen LogP contribution is 2.08. The van der Waals surface area contributed by atoms with E-state index in [1.807, 2.05) is 0 Å². The summed E-state index contributed by atoms with van der Waals surface area (Å²) < 4.78 is 17.8. The highest BCUT2D eigenvalue weighted by Gasteiger charge is 2.02. The van der Waals surface area contributed by atoms with E-state index in [-0.39, 0.29) is 18.3 Å². The summed E-state index contributed by atoms with van der Waals surface area (Å²) in [6.07, 6.45) is 0. The zero-order valence-corrected chi connectivity index (χ0v) is 9.13. The standard InChI is InChI=1S/C11H15FN2O2/c1-13-5-6-16-8-11(15)14-10-4-2-3-9(12)7-10/h2-4,7,13H,5-6,8H2,1H3,(H,14,15). The Morgan fingerprint density at radius 3 is 3.00 bits per heavy atom. The number of hydrogen-bond donors (Lipinski definition) is 2. The smallest absolute Gasteiger partial charge is 0.250 e. The van der Waals surface area contributed by atoms with E-state index >= 15 is 0 Å². The lowest BCUT2D eigenvalue weighted by molar-refractivity contribution is -0.120. The van der Waals surface area contributed by atoms with Gasteiger partial charge in [0.2, 0.25) is 5.91 Å². The topological polar surface area (TPSA) is 50.4 Å². The summed E-state index contributed by atoms with van der Waals surface area (Å²) in [5.74, 6) is -0.671. The third kappa shape index (κ3) is 4.86. The third-order valence-electron chi connectivity index (χ3n) is 1.84. The lowest BCUT2D eigenvalue weighted by atomic mass is 10.3. The highest BCUT2D eigenvalue weighted by molar-refractivity contribution is 5.91. The molecular weight excluding hydrogens is 211 g/mol. The van der Waals surface area contributed by atoms with Crippen molar-refractivity contribution in [2.24, 2.45) is 0 Å². The molecule has 1 rings (SSSR count). The van der Waals surface area contributed by atoms with Crippen LogP contribution >= 0.6 is 0 Å². The van der Waals surface area contributed by atoms with Gasteiger partial charge in [-0.3, -0.25) is 4.79 Å². The van der Waals surface area contributed by atoms with E-state index in [1.165, 1.54) is 18.2 Å². The average molecular weight is 226 g/mol. The van der Waals surface area contributed by atoms with Gasteiger partial charge in [-0.2, -0.15) is 0 Å². The lowest BCUT2D eigenvalue weighted by Gasteiger charge is -2.06. The van der Waals surface area contributed by atoms with Gasteiger partial charge in [0, 0.05) is 12.2 Å². The first-order valence-electron chi connectivity index (χ1n) is 5.00. The molecule has 16 heavy (non-hydrogen) atoms. The Balaban J connectivity index is 2.29. The van der Waals surface area contributed by atoms with Crippen LogP contribution in [0, 0.1) is 5.82 Å². The molecule has 0 atom stereocenters. The van der Waals surface area contributed by atoms with Gasteiger partial charge < -0.3 is 15.4 Å². The molecule has 0 aliphatic rings. The molecule has 1 aromatic carbocycles. The molecule has 88 valence electrons. The van der Waals surface area contributed by atoms with Crippen molar-refractivity contribution < 1.29 is 13.9 Å². The van der Waals surface area contributed by atoms with Crippen molar-refractivity contribution in [3.63, 3.8) is 0 Å². The summed E-state index contributed by atoms with van der Waals surface area (Å²) in [5, 5.41) is 5.43. The van der Waals surface area contributed by atoms with Crippen molar-refractivity contribution in [2.75, 3.05) is 32.1 Å². The number of carbonyl (C=O) groups is 1. The molecule has 1 aromatic rings. The van der Waals surface area contributed by atoms with Crippen molar-refractivity contribution in [2.45, 2.75) is 0 Å². The van der Waals surface area contributed by atoms with Crippen molar-refractivity contribution >= 4 is 11.6 Å². The number of likely N-dealkylation sites (N-methyl/N-ethyl adjacent to an activating group) is 1. The number of ether oxygens (including phenoxy) is 1. The summed E-state index contributed by atoms with van der Waals surface area (Å²) >= 11 is 0. The number of halogens is 1. The molecule has 0 aromatic heterocycles. The zero-order chi connectivity index (χ0) is 11.8. The summed E-state index contributed by atoms with van der Waals surface area (Å²) in [6, 6.07) is 5.73. The number of rotatable bonds is 6. The van der Waals surface area contributed by atoms with E-state index in [4.69, 9.17) is 4.74 Å². The summed E-state index contributed by atoms with van der Waals surface area (Å²) in [4.78, 5) is 11.3. The van der Waals surface area contributed by atoms with Gasteiger partial charge in [0.15, 0.2) is 0 Å². The van der Waals surface area contributed by atoms with Crippen molar-refractivity contribution in [1.82, 2.24) is 5.32 Å². The van der Waals surface area contributed by atoms with Crippen molar-refractivity contribution in [3.8, 4) is 0 Å². The molecule has 0 fully saturated rings. The van der Waals surface area contributed by atoms with Gasteiger partial charge in [-0.15, -0.1) is 0 Å². The number of hydrogen-bond acceptors (Lipinski definition) is 3. The second-order valence-corrected chi connectivity index (χ2v) is 3.21. The third-order valence-corrected chi connectivity index (χ3v) is 1.84. The minimum Gasteiger partial charge on any atom is -0.370 e. The van der Waals surface area contributed by atoms with E-state index in [1.54, 1.807) is 13.1 Å². The number of nitrogens with one attached hydrogen (secondary N) is 2. The molecular formula is C11H15FN2O2. The molecule has 5 heteroatoms. The van der Waals surface area contributed by atoms with Gasteiger partial charge in [0.1, 0.15) is 12.4 Å². The fraction of sp³-hybridized carbons (Fsp3) is 0.364. The first-order chi connectivity index (χ1) is 7.72. The van der Waals surface area contributed by atoms with Crippen LogP contribution in [0.25, 0.3) is 0 Å². The van der Waals surface area contributed by atoms with Crippen LogP contribution in [0.3, 0.4) is 0 Å². The van der Waals surface area contributed by atoms with E-state index in [9.17, 15) is 9.18 Å². The fourth-order valence-electron chi connectivity index (χ4n) is 1.10. The van der Waals surface area contributed by atoms with E-state index in [0.717, 1.165) is 0 Å². The Morgan fingerprint density at radius 2 is 2.31 bits per heavy atom. The van der Waals surface area contributed by atoms with Gasteiger partial charge in [-0.05, 0) is 25.2 Å². The molecule has 0 spiro atoms. The molecule has 0 aliphatic heterocycles. The maximum absolute atomic E-state index is 12.8. The summed E-state index contributed by atoms with van der Waals surface area (Å²) in [7, 11) is 1.80. The SMILES string of the molecule is CNCCOCC(=O)Nc1cccc(F)c1. The number of carbonyl (C=O) groups excluding carboxylic acids is 1. The maximum atomic E-state index is 12.8. The van der Waals surface area contributed by atoms with Crippen LogP contribution in [-0.2, 0) is 9.53 Å². The Labute approximate surface area is 93.8 Å². The molecule has 0 radical (unpaired) electrons. The predicted molar refractivity (Wildman–Crippen MR) is 59.8 cm³/mol. The monoisotopic (exact) mass is 226 g/mol. The predicted octanol–water partition coefficient (Wildman–Crippen LogP) is 1.00. The van der Waals surface area contributed by atoms with Gasteiger partial charge in [-0.25, -0.2) is 4.39 Å². The highest BCUT2D eigenvalue weighted by atomic mass is 19.1. The van der Waals surface area contributed by atoms with Gasteiger partial charge in [-0.1, -0.05) is 6.07 Å². The first kappa shape index (κ1) is 12.6. The molecule has 0 unspecified atom stereocenters. The maximum Gasteiger partial charge on any atom is 0.250 e. The van der Waals surface area contributed by atoms with Crippen LogP contribution in [0.5, 0.6) is 0 Å². The van der Waals surface area contributed by atoms with Crippen LogP contribution in [0.15, 0.2) is 24.3 Å². The number of benzene rings is 1. The van der Waals surface area contributed by atoms with E-state index < -0.39 is 0 Å². The molecule has 0 saturated heterocycles. The lowest BCUT2D eigenvalue weighted by Crippen LogP contribution is -2.21. The Hall–Kier alpha value is -1.46. The Morgan fingerprint density at radius 1 is 1.50 bits per heavy atom. The fourth-order valence-corrected chi connectivity index (χ4v) is 1.10. The van der Waals surface area contributed by atoms with Crippen LogP contribution in [-0.4, -0.2) is 32.7 Å². The Bertz CT molecular complexity index is 345. The molecule has 0 aliphatic carbocycles. The van der Waals surface area contributed by atoms with Crippen molar-refractivity contribution in [3.05, 3.63) is 30.1 Å². The van der Waals surface area contributed by atoms with Gasteiger partial charge in [0.25, 0.3) is 0 Å². The summed E-state index contributed by atoms with van der Waals surface area (Å²) in [6.45, 7) is 1.12.